The molecule has 92 valence electrons. The standard InChI is InChI=1S/C17H24/c1-6-8-16(9-7-2)15(5)17-12-13(3)10-11-14(17)4/h6-7,10-12,15-16H,1-2,8-9H2,3-5H3. The third kappa shape index (κ3) is 3.59. The smallest absolute Gasteiger partial charge is 0.0153 e. The third-order valence-corrected chi connectivity index (χ3v) is 3.57. The molecule has 0 heteroatoms. The lowest BCUT2D eigenvalue weighted by Gasteiger charge is -2.24. The van der Waals surface area contributed by atoms with E-state index in [0.717, 1.165) is 12.8 Å². The van der Waals surface area contributed by atoms with Crippen molar-refractivity contribution in [2.45, 2.75) is 39.5 Å². The third-order valence-electron chi connectivity index (χ3n) is 3.57. The van der Waals surface area contributed by atoms with Gasteiger partial charge in [-0.05, 0) is 49.7 Å². The Bertz CT molecular complexity index is 377. The Morgan fingerprint density at radius 1 is 1.12 bits per heavy atom. The van der Waals surface area contributed by atoms with Crippen molar-refractivity contribution in [3.8, 4) is 0 Å². The molecule has 1 aromatic rings. The molecule has 0 N–H and O–H groups in total. The topological polar surface area (TPSA) is 0 Å². The molecule has 0 fully saturated rings. The van der Waals surface area contributed by atoms with E-state index in [4.69, 9.17) is 0 Å². The van der Waals surface area contributed by atoms with Gasteiger partial charge in [0.05, 0.1) is 0 Å². The van der Waals surface area contributed by atoms with Crippen LogP contribution in [0.1, 0.15) is 42.4 Å². The molecule has 0 radical (unpaired) electrons. The van der Waals surface area contributed by atoms with E-state index in [0.29, 0.717) is 11.8 Å². The van der Waals surface area contributed by atoms with Gasteiger partial charge in [-0.2, -0.15) is 0 Å². The van der Waals surface area contributed by atoms with Gasteiger partial charge in [0.1, 0.15) is 0 Å². The Morgan fingerprint density at radius 2 is 1.71 bits per heavy atom. The summed E-state index contributed by atoms with van der Waals surface area (Å²) in [6.45, 7) is 14.4. The summed E-state index contributed by atoms with van der Waals surface area (Å²) >= 11 is 0. The van der Waals surface area contributed by atoms with Crippen LogP contribution in [-0.4, -0.2) is 0 Å². The molecule has 1 aromatic carbocycles. The first-order valence-electron chi connectivity index (χ1n) is 6.39. The molecule has 0 amide bonds. The van der Waals surface area contributed by atoms with Crippen molar-refractivity contribution in [2.75, 3.05) is 0 Å². The van der Waals surface area contributed by atoms with Crippen molar-refractivity contribution in [3.63, 3.8) is 0 Å². The molecule has 0 saturated heterocycles. The van der Waals surface area contributed by atoms with E-state index >= 15 is 0 Å². The Hall–Kier alpha value is -1.30. The highest BCUT2D eigenvalue weighted by Gasteiger charge is 2.18. The summed E-state index contributed by atoms with van der Waals surface area (Å²) in [7, 11) is 0. The van der Waals surface area contributed by atoms with Crippen LogP contribution in [0.25, 0.3) is 0 Å². The van der Waals surface area contributed by atoms with Gasteiger partial charge in [-0.25, -0.2) is 0 Å². The summed E-state index contributed by atoms with van der Waals surface area (Å²) in [6, 6.07) is 6.72. The molecule has 0 bridgehead atoms. The van der Waals surface area contributed by atoms with Crippen molar-refractivity contribution in [2.24, 2.45) is 5.92 Å². The Kier molecular flexibility index (Phi) is 5.21. The lowest BCUT2D eigenvalue weighted by Crippen LogP contribution is -2.10. The van der Waals surface area contributed by atoms with E-state index in [2.05, 4.69) is 52.1 Å². The average molecular weight is 228 g/mol. The highest BCUT2D eigenvalue weighted by Crippen LogP contribution is 2.32. The summed E-state index contributed by atoms with van der Waals surface area (Å²) in [5.41, 5.74) is 4.20. The van der Waals surface area contributed by atoms with Crippen LogP contribution in [0.4, 0.5) is 0 Å². The van der Waals surface area contributed by atoms with E-state index in [1.54, 1.807) is 0 Å². The average Bonchev–Trinajstić information content (AvgIpc) is 2.31. The number of hydrogen-bond acceptors (Lipinski definition) is 0. The van der Waals surface area contributed by atoms with Crippen molar-refractivity contribution in [3.05, 3.63) is 60.2 Å². The van der Waals surface area contributed by atoms with Crippen LogP contribution in [0.15, 0.2) is 43.5 Å². The van der Waals surface area contributed by atoms with E-state index in [9.17, 15) is 0 Å². The molecule has 0 aromatic heterocycles. The zero-order valence-corrected chi connectivity index (χ0v) is 11.4. The van der Waals surface area contributed by atoms with E-state index in [-0.39, 0.29) is 0 Å². The second-order valence-electron chi connectivity index (χ2n) is 4.96. The summed E-state index contributed by atoms with van der Waals surface area (Å²) in [6.07, 6.45) is 6.16. The molecule has 0 aliphatic heterocycles. The van der Waals surface area contributed by atoms with Gasteiger partial charge in [-0.3, -0.25) is 0 Å². The first-order chi connectivity index (χ1) is 8.10. The summed E-state index contributed by atoms with van der Waals surface area (Å²) in [4.78, 5) is 0. The van der Waals surface area contributed by atoms with Gasteiger partial charge in [-0.15, -0.1) is 13.2 Å². The summed E-state index contributed by atoms with van der Waals surface area (Å²) in [5.74, 6) is 1.18. The fourth-order valence-corrected chi connectivity index (χ4v) is 2.44. The Balaban J connectivity index is 2.98. The molecule has 1 atom stereocenters. The molecule has 0 aliphatic carbocycles. The lowest BCUT2D eigenvalue weighted by atomic mass is 9.81. The van der Waals surface area contributed by atoms with Crippen LogP contribution in [-0.2, 0) is 0 Å². The molecule has 0 nitrogen and oxygen atoms in total. The van der Waals surface area contributed by atoms with Gasteiger partial charge in [0.25, 0.3) is 0 Å². The van der Waals surface area contributed by atoms with Gasteiger partial charge < -0.3 is 0 Å². The van der Waals surface area contributed by atoms with Crippen molar-refractivity contribution in [1.82, 2.24) is 0 Å². The van der Waals surface area contributed by atoms with E-state index in [1.807, 2.05) is 12.2 Å². The number of benzene rings is 1. The molecular weight excluding hydrogens is 204 g/mol. The zero-order chi connectivity index (χ0) is 12.8. The van der Waals surface area contributed by atoms with Gasteiger partial charge in [0.15, 0.2) is 0 Å². The summed E-state index contributed by atoms with van der Waals surface area (Å²) in [5, 5.41) is 0. The van der Waals surface area contributed by atoms with Crippen LogP contribution >= 0.6 is 0 Å². The predicted octanol–water partition coefficient (Wildman–Crippen LogP) is 5.18. The second-order valence-corrected chi connectivity index (χ2v) is 4.96. The first-order valence-corrected chi connectivity index (χ1v) is 6.39. The normalized spacial score (nSPS) is 12.5. The van der Waals surface area contributed by atoms with Gasteiger partial charge in [0.2, 0.25) is 0 Å². The quantitative estimate of drug-likeness (QED) is 0.589. The van der Waals surface area contributed by atoms with E-state index in [1.165, 1.54) is 16.7 Å². The number of hydrogen-bond donors (Lipinski definition) is 0. The van der Waals surface area contributed by atoms with Crippen LogP contribution < -0.4 is 0 Å². The van der Waals surface area contributed by atoms with Crippen molar-refractivity contribution >= 4 is 0 Å². The Labute approximate surface area is 106 Å². The van der Waals surface area contributed by atoms with Crippen LogP contribution in [0.3, 0.4) is 0 Å². The van der Waals surface area contributed by atoms with Crippen LogP contribution in [0.5, 0.6) is 0 Å². The minimum Gasteiger partial charge on any atom is -0.103 e. The molecule has 0 saturated carbocycles. The zero-order valence-electron chi connectivity index (χ0n) is 11.4. The van der Waals surface area contributed by atoms with Gasteiger partial charge in [0, 0.05) is 0 Å². The maximum atomic E-state index is 3.86. The molecule has 1 unspecified atom stereocenters. The molecular formula is C17H24. The second kappa shape index (κ2) is 6.44. The number of aryl methyl sites for hydroxylation is 2. The maximum absolute atomic E-state index is 3.86. The molecule has 0 heterocycles. The number of allylic oxidation sites excluding steroid dienone is 2. The minimum atomic E-state index is 0.561. The number of rotatable bonds is 6. The SMILES string of the molecule is C=CCC(CC=C)C(C)c1cc(C)ccc1C. The fourth-order valence-electron chi connectivity index (χ4n) is 2.44. The molecule has 1 rings (SSSR count). The molecule has 0 spiro atoms. The largest absolute Gasteiger partial charge is 0.103 e. The predicted molar refractivity (Wildman–Crippen MR) is 77.4 cm³/mol. The molecule has 17 heavy (non-hydrogen) atoms. The maximum Gasteiger partial charge on any atom is -0.0153 e. The monoisotopic (exact) mass is 228 g/mol. The molecule has 0 aliphatic rings. The van der Waals surface area contributed by atoms with E-state index < -0.39 is 0 Å². The fraction of sp³-hybridized carbons (Fsp3) is 0.412. The first kappa shape index (κ1) is 13.8. The van der Waals surface area contributed by atoms with Crippen LogP contribution in [0.2, 0.25) is 0 Å². The lowest BCUT2D eigenvalue weighted by molar-refractivity contribution is 0.455. The Morgan fingerprint density at radius 3 is 2.24 bits per heavy atom. The van der Waals surface area contributed by atoms with Gasteiger partial charge in [-0.1, -0.05) is 42.8 Å². The van der Waals surface area contributed by atoms with Crippen molar-refractivity contribution < 1.29 is 0 Å². The van der Waals surface area contributed by atoms with Crippen molar-refractivity contribution in [1.29, 1.82) is 0 Å². The van der Waals surface area contributed by atoms with Crippen LogP contribution in [0, 0.1) is 19.8 Å². The van der Waals surface area contributed by atoms with Gasteiger partial charge >= 0.3 is 0 Å². The highest BCUT2D eigenvalue weighted by atomic mass is 14.2. The highest BCUT2D eigenvalue weighted by molar-refractivity contribution is 5.33. The summed E-state index contributed by atoms with van der Waals surface area (Å²) < 4.78 is 0. The minimum absolute atomic E-state index is 0.561.